The molecule has 0 spiro atoms. The van der Waals surface area contributed by atoms with Crippen molar-refractivity contribution in [2.24, 2.45) is 5.16 Å². The number of oxime groups is 1. The van der Waals surface area contributed by atoms with Crippen molar-refractivity contribution in [3.05, 3.63) is 39.9 Å². The molecule has 0 saturated heterocycles. The van der Waals surface area contributed by atoms with Gasteiger partial charge in [-0.2, -0.15) is 0 Å². The second-order valence-corrected chi connectivity index (χ2v) is 3.96. The second-order valence-electron chi connectivity index (χ2n) is 3.96. The number of benzene rings is 1. The number of hydrogen-bond acceptors (Lipinski definition) is 5. The van der Waals surface area contributed by atoms with Crippen molar-refractivity contribution in [2.75, 3.05) is 14.1 Å². The lowest BCUT2D eigenvalue weighted by atomic mass is 10.1. The topological polar surface area (TPSA) is 76.8 Å². The Hall–Kier alpha value is -1.95. The first kappa shape index (κ1) is 14.1. The van der Waals surface area contributed by atoms with Crippen LogP contribution in [0.5, 0.6) is 0 Å². The molecule has 1 aliphatic rings. The van der Waals surface area contributed by atoms with Crippen LogP contribution in [0.4, 0.5) is 5.69 Å². The van der Waals surface area contributed by atoms with Gasteiger partial charge in [0.2, 0.25) is 0 Å². The first-order valence-corrected chi connectivity index (χ1v) is 5.64. The summed E-state index contributed by atoms with van der Waals surface area (Å²) in [6, 6.07) is 6.33. The van der Waals surface area contributed by atoms with E-state index in [1.165, 1.54) is 12.1 Å². The molecular weight excluding hydrogens is 234 g/mol. The lowest BCUT2D eigenvalue weighted by Gasteiger charge is -1.98. The molecule has 0 fully saturated rings. The summed E-state index contributed by atoms with van der Waals surface area (Å²) in [6.07, 6.45) is 0.841. The summed E-state index contributed by atoms with van der Waals surface area (Å²) >= 11 is 0. The fourth-order valence-electron chi connectivity index (χ4n) is 1.45. The van der Waals surface area contributed by atoms with Gasteiger partial charge in [-0.05, 0) is 38.7 Å². The van der Waals surface area contributed by atoms with Crippen LogP contribution in [-0.4, -0.2) is 30.8 Å². The molecule has 0 bridgehead atoms. The number of hydrogen-bond donors (Lipinski definition) is 1. The van der Waals surface area contributed by atoms with Gasteiger partial charge in [-0.15, -0.1) is 0 Å². The molecular formula is C12H17N3O3. The fourth-order valence-corrected chi connectivity index (χ4v) is 1.45. The van der Waals surface area contributed by atoms with Crippen molar-refractivity contribution in [3.8, 4) is 0 Å². The lowest BCUT2D eigenvalue weighted by molar-refractivity contribution is -0.384. The molecule has 1 aliphatic heterocycles. The number of rotatable bonds is 2. The van der Waals surface area contributed by atoms with Crippen LogP contribution in [-0.2, 0) is 4.84 Å². The Morgan fingerprint density at radius 3 is 2.33 bits per heavy atom. The molecule has 0 amide bonds. The molecule has 1 unspecified atom stereocenters. The zero-order chi connectivity index (χ0) is 13.5. The van der Waals surface area contributed by atoms with Crippen molar-refractivity contribution >= 4 is 11.4 Å². The summed E-state index contributed by atoms with van der Waals surface area (Å²) in [5, 5.41) is 17.1. The lowest BCUT2D eigenvalue weighted by Crippen LogP contribution is -2.03. The van der Waals surface area contributed by atoms with Crippen LogP contribution >= 0.6 is 0 Å². The maximum absolute atomic E-state index is 10.4. The van der Waals surface area contributed by atoms with Crippen molar-refractivity contribution in [3.63, 3.8) is 0 Å². The molecule has 0 radical (unpaired) electrons. The predicted octanol–water partition coefficient (Wildman–Crippen LogP) is 1.94. The number of non-ortho nitro benzene ring substituents is 1. The van der Waals surface area contributed by atoms with Gasteiger partial charge in [0.1, 0.15) is 6.10 Å². The van der Waals surface area contributed by atoms with Gasteiger partial charge in [-0.1, -0.05) is 5.16 Å². The van der Waals surface area contributed by atoms with Gasteiger partial charge < -0.3 is 10.2 Å². The van der Waals surface area contributed by atoms with Crippen molar-refractivity contribution in [2.45, 2.75) is 19.4 Å². The van der Waals surface area contributed by atoms with Crippen LogP contribution in [0.3, 0.4) is 0 Å². The molecule has 6 nitrogen and oxygen atoms in total. The average Bonchev–Trinajstić information content (AvgIpc) is 2.77. The summed E-state index contributed by atoms with van der Waals surface area (Å²) in [4.78, 5) is 15.1. The van der Waals surface area contributed by atoms with E-state index in [-0.39, 0.29) is 11.8 Å². The van der Waals surface area contributed by atoms with E-state index in [0.717, 1.165) is 17.7 Å². The van der Waals surface area contributed by atoms with E-state index >= 15 is 0 Å². The van der Waals surface area contributed by atoms with Gasteiger partial charge in [0.15, 0.2) is 0 Å². The first-order chi connectivity index (χ1) is 8.58. The van der Waals surface area contributed by atoms with Crippen LogP contribution in [0.15, 0.2) is 29.4 Å². The van der Waals surface area contributed by atoms with Crippen LogP contribution in [0, 0.1) is 10.1 Å². The van der Waals surface area contributed by atoms with Crippen molar-refractivity contribution in [1.82, 2.24) is 5.32 Å². The smallest absolute Gasteiger partial charge is 0.269 e. The standard InChI is InChI=1S/C10H10N2O3.C2H7N/c1-7-6-10(11-15-7)8-2-4-9(5-3-8)12(13)14;1-3-2/h2-5,7H,6H2,1H3;3H,1-2H3. The van der Waals surface area contributed by atoms with Crippen LogP contribution in [0.1, 0.15) is 18.9 Å². The van der Waals surface area contributed by atoms with Crippen LogP contribution < -0.4 is 5.32 Å². The number of nitrogens with zero attached hydrogens (tertiary/aromatic N) is 2. The Labute approximate surface area is 106 Å². The van der Waals surface area contributed by atoms with Gasteiger partial charge in [-0.3, -0.25) is 10.1 Å². The first-order valence-electron chi connectivity index (χ1n) is 5.64. The Bertz CT molecular complexity index is 429. The largest absolute Gasteiger partial charge is 0.392 e. The Morgan fingerprint density at radius 1 is 1.39 bits per heavy atom. The molecule has 18 heavy (non-hydrogen) atoms. The summed E-state index contributed by atoms with van der Waals surface area (Å²) in [6.45, 7) is 1.93. The van der Waals surface area contributed by atoms with E-state index < -0.39 is 4.92 Å². The number of nitro benzene ring substituents is 1. The van der Waals surface area contributed by atoms with Crippen LogP contribution in [0.2, 0.25) is 0 Å². The van der Waals surface area contributed by atoms with E-state index in [9.17, 15) is 10.1 Å². The third-order valence-corrected chi connectivity index (χ3v) is 2.23. The molecule has 0 saturated carbocycles. The third kappa shape index (κ3) is 3.81. The van der Waals surface area contributed by atoms with Crippen LogP contribution in [0.25, 0.3) is 0 Å². The molecule has 1 heterocycles. The molecule has 0 aromatic heterocycles. The zero-order valence-electron chi connectivity index (χ0n) is 10.7. The van der Waals surface area contributed by atoms with E-state index in [2.05, 4.69) is 10.5 Å². The normalized spacial score (nSPS) is 17.3. The minimum Gasteiger partial charge on any atom is -0.392 e. The molecule has 1 aromatic rings. The highest BCUT2D eigenvalue weighted by Crippen LogP contribution is 2.18. The highest BCUT2D eigenvalue weighted by molar-refractivity contribution is 6.01. The summed E-state index contributed by atoms with van der Waals surface area (Å²) < 4.78 is 0. The highest BCUT2D eigenvalue weighted by Gasteiger charge is 2.18. The van der Waals surface area contributed by atoms with Crippen molar-refractivity contribution < 1.29 is 9.76 Å². The van der Waals surface area contributed by atoms with E-state index in [4.69, 9.17) is 4.84 Å². The van der Waals surface area contributed by atoms with E-state index in [1.54, 1.807) is 12.1 Å². The van der Waals surface area contributed by atoms with Gasteiger partial charge in [0, 0.05) is 18.6 Å². The third-order valence-electron chi connectivity index (χ3n) is 2.23. The minimum atomic E-state index is -0.417. The van der Waals surface area contributed by atoms with Gasteiger partial charge in [0.25, 0.3) is 5.69 Å². The molecule has 98 valence electrons. The molecule has 1 atom stereocenters. The van der Waals surface area contributed by atoms with E-state index in [0.29, 0.717) is 0 Å². The number of nitrogens with one attached hydrogen (secondary N) is 1. The highest BCUT2D eigenvalue weighted by atomic mass is 16.6. The monoisotopic (exact) mass is 251 g/mol. The molecule has 1 aromatic carbocycles. The van der Waals surface area contributed by atoms with E-state index in [1.807, 2.05) is 21.0 Å². The van der Waals surface area contributed by atoms with Gasteiger partial charge in [0.05, 0.1) is 10.6 Å². The second kappa shape index (κ2) is 6.70. The molecule has 0 aliphatic carbocycles. The fraction of sp³-hybridized carbons (Fsp3) is 0.417. The Kier molecular flexibility index (Phi) is 5.26. The van der Waals surface area contributed by atoms with Crippen molar-refractivity contribution in [1.29, 1.82) is 0 Å². The SMILES string of the molecule is CC1CC(c2ccc([N+](=O)[O-])cc2)=NO1.CNC. The average molecular weight is 251 g/mol. The summed E-state index contributed by atoms with van der Waals surface area (Å²) in [7, 11) is 3.75. The summed E-state index contributed by atoms with van der Waals surface area (Å²) in [5.41, 5.74) is 1.81. The molecule has 6 heteroatoms. The predicted molar refractivity (Wildman–Crippen MR) is 69.8 cm³/mol. The number of nitro groups is 1. The van der Waals surface area contributed by atoms with Gasteiger partial charge >= 0.3 is 0 Å². The summed E-state index contributed by atoms with van der Waals surface area (Å²) in [5.74, 6) is 0. The Balaban J connectivity index is 0.000000492. The molecule has 2 rings (SSSR count). The quantitative estimate of drug-likeness (QED) is 0.643. The Morgan fingerprint density at radius 2 is 1.94 bits per heavy atom. The maximum atomic E-state index is 10.4. The van der Waals surface area contributed by atoms with Gasteiger partial charge in [-0.25, -0.2) is 0 Å². The molecule has 1 N–H and O–H groups in total. The minimum absolute atomic E-state index is 0.0892. The zero-order valence-corrected chi connectivity index (χ0v) is 10.7. The maximum Gasteiger partial charge on any atom is 0.269 e.